The molecule has 4 aromatic rings. The number of piperidine rings is 2. The van der Waals surface area contributed by atoms with Crippen LogP contribution in [0.3, 0.4) is 0 Å². The van der Waals surface area contributed by atoms with Crippen LogP contribution in [0.15, 0.2) is 47.4 Å². The lowest BCUT2D eigenvalue weighted by Crippen LogP contribution is -2.58. The van der Waals surface area contributed by atoms with E-state index in [2.05, 4.69) is 25.4 Å². The molecule has 18 heteroatoms. The van der Waals surface area contributed by atoms with Gasteiger partial charge >= 0.3 is 0 Å². The Morgan fingerprint density at radius 2 is 1.76 bits per heavy atom. The van der Waals surface area contributed by atoms with Crippen LogP contribution >= 0.6 is 11.6 Å². The number of fused-ring (bicyclic) bond motifs is 2. The third kappa shape index (κ3) is 8.57. The average Bonchev–Trinajstić information content (AvgIpc) is 3.58. The Morgan fingerprint density at radius 3 is 2.48 bits per heavy atom. The number of imide groups is 1. The highest BCUT2D eigenvalue weighted by molar-refractivity contribution is 6.33. The first-order chi connectivity index (χ1) is 30.3. The molecule has 5 aliphatic rings. The number of hydrogen-bond donors (Lipinski definition) is 3. The number of carbonyl (C=O) groups excluding carboxylic acids is 4. The van der Waals surface area contributed by atoms with E-state index in [0.717, 1.165) is 64.7 Å². The minimum atomic E-state index is -0.769. The number of primary amides is 1. The number of ether oxygens (including phenoxy) is 2. The van der Waals surface area contributed by atoms with E-state index < -0.39 is 24.5 Å². The maximum Gasteiger partial charge on any atom is 0.293 e. The first-order valence-electron chi connectivity index (χ1n) is 21.8. The third-order valence-electron chi connectivity index (χ3n) is 13.2. The summed E-state index contributed by atoms with van der Waals surface area (Å²) in [6, 6.07) is 10.1. The number of amides is 4. The summed E-state index contributed by atoms with van der Waals surface area (Å²) in [6.07, 6.45) is 7.59. The number of pyridine rings is 1. The van der Waals surface area contributed by atoms with Crippen molar-refractivity contribution in [2.75, 3.05) is 43.0 Å². The highest BCUT2D eigenvalue weighted by Crippen LogP contribution is 2.41. The minimum absolute atomic E-state index is 0.0341. The molecule has 1 atom stereocenters. The van der Waals surface area contributed by atoms with E-state index in [1.165, 1.54) is 4.90 Å². The lowest BCUT2D eigenvalue weighted by Gasteiger charge is -2.47. The van der Waals surface area contributed by atoms with Gasteiger partial charge in [0.25, 0.3) is 17.4 Å². The third-order valence-corrected chi connectivity index (χ3v) is 13.5. The van der Waals surface area contributed by atoms with Gasteiger partial charge in [0.2, 0.25) is 17.8 Å². The van der Waals surface area contributed by atoms with E-state index in [1.54, 1.807) is 29.0 Å². The standard InChI is InChI=1S/C45H51ClFN9O7/c1-24(2)56-35-10-5-27(17-26(35)18-37(44(56)61)62-23-38(48)57)50-41-34(46)19-49-45(52-41)53-15-13-29(14-16-53)63-30-20-54(21-30)28-6-3-25(4-7-28)31-8-9-32-33(40(31)47)22-55(43(32)60)36-11-12-39(58)51-42(36)59/h5,8-10,17-19,24-25,28-30,36H,3-4,6-7,11-16,20-23H2,1-2H3,(H2,48,57)(H,49,50,52)(H,51,58,59). The van der Waals surface area contributed by atoms with Crippen LogP contribution in [-0.4, -0.2) is 105 Å². The minimum Gasteiger partial charge on any atom is -0.478 e. The monoisotopic (exact) mass is 883 g/mol. The molecule has 0 bridgehead atoms. The summed E-state index contributed by atoms with van der Waals surface area (Å²) in [6.45, 7) is 6.64. The fourth-order valence-corrected chi connectivity index (χ4v) is 10.0. The van der Waals surface area contributed by atoms with Crippen molar-refractivity contribution in [1.29, 1.82) is 0 Å². The number of carbonyl (C=O) groups is 4. The molecule has 9 rings (SSSR count). The number of rotatable bonds is 12. The van der Waals surface area contributed by atoms with Crippen LogP contribution < -0.4 is 31.6 Å². The predicted molar refractivity (Wildman–Crippen MR) is 233 cm³/mol. The van der Waals surface area contributed by atoms with Crippen LogP contribution in [0.2, 0.25) is 5.02 Å². The van der Waals surface area contributed by atoms with Crippen LogP contribution in [-0.2, 0) is 25.7 Å². The molecule has 1 unspecified atom stereocenters. The second-order valence-electron chi connectivity index (χ2n) is 17.6. The summed E-state index contributed by atoms with van der Waals surface area (Å²) in [5, 5.41) is 6.68. The molecule has 16 nitrogen and oxygen atoms in total. The molecular formula is C45H51ClFN9O7. The normalized spacial score (nSPS) is 22.4. The van der Waals surface area contributed by atoms with Gasteiger partial charge in [0.15, 0.2) is 18.2 Å². The van der Waals surface area contributed by atoms with Gasteiger partial charge in [0.1, 0.15) is 16.9 Å². The van der Waals surface area contributed by atoms with Crippen molar-refractivity contribution in [3.63, 3.8) is 0 Å². The molecule has 332 valence electrons. The lowest BCUT2D eigenvalue weighted by molar-refractivity contribution is -0.137. The summed E-state index contributed by atoms with van der Waals surface area (Å²) in [4.78, 5) is 77.1. The van der Waals surface area contributed by atoms with Crippen LogP contribution in [0, 0.1) is 5.82 Å². The molecule has 63 heavy (non-hydrogen) atoms. The van der Waals surface area contributed by atoms with Gasteiger partial charge in [-0.15, -0.1) is 0 Å². The second-order valence-corrected chi connectivity index (χ2v) is 18.0. The van der Waals surface area contributed by atoms with Crippen molar-refractivity contribution >= 4 is 63.6 Å². The van der Waals surface area contributed by atoms with Crippen molar-refractivity contribution in [2.24, 2.45) is 5.73 Å². The van der Waals surface area contributed by atoms with E-state index in [4.69, 9.17) is 31.8 Å². The van der Waals surface area contributed by atoms with Gasteiger partial charge in [-0.2, -0.15) is 4.98 Å². The van der Waals surface area contributed by atoms with Crippen LogP contribution in [0.1, 0.15) is 98.7 Å². The Labute approximate surface area is 368 Å². The number of nitrogens with zero attached hydrogens (tertiary/aromatic N) is 6. The van der Waals surface area contributed by atoms with E-state index >= 15 is 4.39 Å². The fraction of sp³-hybridized carbons (Fsp3) is 0.489. The highest BCUT2D eigenvalue weighted by atomic mass is 35.5. The average molecular weight is 884 g/mol. The van der Waals surface area contributed by atoms with Crippen molar-refractivity contribution < 1.29 is 33.0 Å². The number of nitrogens with two attached hydrogens (primary N) is 1. The van der Waals surface area contributed by atoms with Gasteiger partial charge in [0.05, 0.1) is 30.5 Å². The Bertz CT molecular complexity index is 2530. The van der Waals surface area contributed by atoms with Gasteiger partial charge in [-0.25, -0.2) is 9.37 Å². The van der Waals surface area contributed by atoms with E-state index in [-0.39, 0.29) is 72.5 Å². The molecule has 4 fully saturated rings. The van der Waals surface area contributed by atoms with Gasteiger partial charge in [0, 0.05) is 66.9 Å². The van der Waals surface area contributed by atoms with E-state index in [0.29, 0.717) is 56.1 Å². The Balaban J connectivity index is 0.746. The number of aromatic nitrogens is 3. The van der Waals surface area contributed by atoms with Crippen molar-refractivity contribution in [3.8, 4) is 5.75 Å². The Morgan fingerprint density at radius 1 is 1.00 bits per heavy atom. The zero-order chi connectivity index (χ0) is 44.1. The van der Waals surface area contributed by atoms with E-state index in [9.17, 15) is 24.0 Å². The molecule has 1 aliphatic carbocycles. The number of likely N-dealkylation sites (tertiary alicyclic amines) is 1. The SMILES string of the molecule is CC(C)n1c(=O)c(OCC(N)=O)cc2cc(Nc3nc(N4CCC(OC5CN(C6CCC(c7ccc8c(c7F)CN(C7CCC(=O)NC7=O)C8=O)CC6)C5)CC4)ncc3Cl)ccc21. The summed E-state index contributed by atoms with van der Waals surface area (Å²) < 4.78 is 29.6. The van der Waals surface area contributed by atoms with Crippen LogP contribution in [0.4, 0.5) is 21.8 Å². The van der Waals surface area contributed by atoms with Crippen molar-refractivity contribution in [2.45, 2.75) is 108 Å². The molecule has 6 heterocycles. The number of nitrogens with one attached hydrogen (secondary N) is 2. The molecule has 2 aromatic heterocycles. The van der Waals surface area contributed by atoms with Gasteiger partial charge < -0.3 is 34.9 Å². The van der Waals surface area contributed by atoms with Crippen LogP contribution in [0.25, 0.3) is 10.9 Å². The highest BCUT2D eigenvalue weighted by Gasteiger charge is 2.42. The zero-order valence-corrected chi connectivity index (χ0v) is 36.0. The largest absolute Gasteiger partial charge is 0.478 e. The quantitative estimate of drug-likeness (QED) is 0.163. The fourth-order valence-electron chi connectivity index (χ4n) is 9.91. The van der Waals surface area contributed by atoms with Gasteiger partial charge in [-0.05, 0) is 101 Å². The topological polar surface area (TPSA) is 194 Å². The van der Waals surface area contributed by atoms with Gasteiger partial charge in [-0.3, -0.25) is 34.2 Å². The molecule has 1 saturated carbocycles. The predicted octanol–water partition coefficient (Wildman–Crippen LogP) is 4.93. The molecule has 2 aromatic carbocycles. The van der Waals surface area contributed by atoms with Crippen molar-refractivity contribution in [1.82, 2.24) is 29.7 Å². The second kappa shape index (κ2) is 17.5. The maximum absolute atomic E-state index is 16.0. The first kappa shape index (κ1) is 42.6. The number of hydrogen-bond acceptors (Lipinski definition) is 12. The molecule has 3 saturated heterocycles. The number of halogens is 2. The lowest BCUT2D eigenvalue weighted by atomic mass is 9.79. The van der Waals surface area contributed by atoms with Gasteiger partial charge in [-0.1, -0.05) is 17.7 Å². The Hall–Kier alpha value is -5.65. The van der Waals surface area contributed by atoms with Crippen LogP contribution in [0.5, 0.6) is 5.75 Å². The zero-order valence-electron chi connectivity index (χ0n) is 35.3. The smallest absolute Gasteiger partial charge is 0.293 e. The number of anilines is 3. The summed E-state index contributed by atoms with van der Waals surface area (Å²) in [7, 11) is 0. The Kier molecular flexibility index (Phi) is 11.8. The molecule has 4 amide bonds. The summed E-state index contributed by atoms with van der Waals surface area (Å²) in [5.74, 6) is -1.12. The van der Waals surface area contributed by atoms with Crippen molar-refractivity contribution in [3.05, 3.63) is 80.5 Å². The molecule has 0 spiro atoms. The van der Waals surface area contributed by atoms with E-state index in [1.807, 2.05) is 32.0 Å². The molecule has 4 N–H and O–H groups in total. The first-order valence-corrected chi connectivity index (χ1v) is 22.2. The molecule has 0 radical (unpaired) electrons. The maximum atomic E-state index is 16.0. The molecule has 4 aliphatic heterocycles. The number of benzene rings is 2. The summed E-state index contributed by atoms with van der Waals surface area (Å²) >= 11 is 6.57. The molecular weight excluding hydrogens is 833 g/mol. The summed E-state index contributed by atoms with van der Waals surface area (Å²) in [5.41, 5.74) is 7.61.